The second-order valence-corrected chi connectivity index (χ2v) is 9.94. The summed E-state index contributed by atoms with van der Waals surface area (Å²) in [6, 6.07) is 12.8. The monoisotopic (exact) mass is 489 g/mol. The first-order valence-electron chi connectivity index (χ1n) is 10.6. The van der Waals surface area contributed by atoms with Crippen LogP contribution in [-0.2, 0) is 21.4 Å². The van der Waals surface area contributed by atoms with Crippen LogP contribution in [0.25, 0.3) is 0 Å². The highest BCUT2D eigenvalue weighted by Gasteiger charge is 2.16. The van der Waals surface area contributed by atoms with Gasteiger partial charge in [0.15, 0.2) is 5.11 Å². The Hall–Kier alpha value is -3.02. The van der Waals surface area contributed by atoms with Gasteiger partial charge in [-0.05, 0) is 67.0 Å². The van der Waals surface area contributed by atoms with Gasteiger partial charge in [0.05, 0.1) is 4.90 Å². The van der Waals surface area contributed by atoms with Gasteiger partial charge in [0.1, 0.15) is 0 Å². The molecule has 33 heavy (non-hydrogen) atoms. The van der Waals surface area contributed by atoms with Crippen molar-refractivity contribution in [1.82, 2.24) is 20.9 Å². The largest absolute Gasteiger partial charge is 0.359 e. The van der Waals surface area contributed by atoms with Crippen LogP contribution in [0.3, 0.4) is 0 Å². The number of amides is 2. The van der Waals surface area contributed by atoms with E-state index in [9.17, 15) is 18.0 Å². The van der Waals surface area contributed by atoms with Gasteiger partial charge in [-0.2, -0.15) is 0 Å². The van der Waals surface area contributed by atoms with Crippen LogP contribution in [0.1, 0.15) is 48.5 Å². The molecule has 0 heterocycles. The lowest BCUT2D eigenvalue weighted by atomic mass is 10.1. The molecule has 0 unspecified atom stereocenters. The Morgan fingerprint density at radius 3 is 2.21 bits per heavy atom. The van der Waals surface area contributed by atoms with Gasteiger partial charge in [0.2, 0.25) is 15.9 Å². The normalized spacial score (nSPS) is 13.8. The smallest absolute Gasteiger partial charge is 0.269 e. The van der Waals surface area contributed by atoms with E-state index in [-0.39, 0.29) is 23.3 Å². The summed E-state index contributed by atoms with van der Waals surface area (Å²) in [6.45, 7) is 1.44. The van der Waals surface area contributed by atoms with Crippen LogP contribution in [-0.4, -0.2) is 31.4 Å². The lowest BCUT2D eigenvalue weighted by Gasteiger charge is -2.16. The van der Waals surface area contributed by atoms with Crippen molar-refractivity contribution >= 4 is 44.9 Å². The molecule has 9 nitrogen and oxygen atoms in total. The van der Waals surface area contributed by atoms with Crippen LogP contribution in [0, 0.1) is 0 Å². The fourth-order valence-corrected chi connectivity index (χ4v) is 4.67. The Kier molecular flexibility index (Phi) is 8.37. The van der Waals surface area contributed by atoms with Gasteiger partial charge >= 0.3 is 0 Å². The van der Waals surface area contributed by atoms with Crippen LogP contribution in [0.4, 0.5) is 5.69 Å². The molecular weight excluding hydrogens is 462 g/mol. The molecule has 0 radical (unpaired) electrons. The first-order valence-corrected chi connectivity index (χ1v) is 12.5. The molecule has 1 saturated carbocycles. The summed E-state index contributed by atoms with van der Waals surface area (Å²) in [4.78, 5) is 23.5. The minimum atomic E-state index is -3.73. The highest BCUT2D eigenvalue weighted by atomic mass is 32.2. The molecule has 2 aromatic rings. The number of hydrogen-bond donors (Lipinski definition) is 5. The zero-order valence-corrected chi connectivity index (χ0v) is 19.8. The zero-order chi connectivity index (χ0) is 23.8. The number of nitrogens with one attached hydrogen (secondary N) is 5. The highest BCUT2D eigenvalue weighted by molar-refractivity contribution is 7.89. The van der Waals surface area contributed by atoms with Gasteiger partial charge in [-0.15, -0.1) is 0 Å². The van der Waals surface area contributed by atoms with Crippen molar-refractivity contribution in [1.29, 1.82) is 0 Å². The van der Waals surface area contributed by atoms with Crippen LogP contribution < -0.4 is 26.2 Å². The van der Waals surface area contributed by atoms with E-state index in [1.54, 1.807) is 24.3 Å². The van der Waals surface area contributed by atoms with Gasteiger partial charge in [-0.1, -0.05) is 25.0 Å². The molecule has 0 aromatic heterocycles. The third-order valence-corrected chi connectivity index (χ3v) is 6.78. The molecule has 2 amide bonds. The molecule has 0 aliphatic heterocycles. The number of rotatable bonds is 7. The number of anilines is 1. The van der Waals surface area contributed by atoms with Crippen LogP contribution >= 0.6 is 12.2 Å². The first kappa shape index (κ1) is 24.6. The van der Waals surface area contributed by atoms with E-state index in [0.29, 0.717) is 28.0 Å². The number of hydrogen-bond acceptors (Lipinski definition) is 5. The number of benzene rings is 2. The summed E-state index contributed by atoms with van der Waals surface area (Å²) in [5.41, 5.74) is 6.88. The number of thiocarbonyl (C=S) groups is 1. The minimum Gasteiger partial charge on any atom is -0.359 e. The molecule has 3 rings (SSSR count). The van der Waals surface area contributed by atoms with E-state index in [2.05, 4.69) is 26.2 Å². The summed E-state index contributed by atoms with van der Waals surface area (Å²) in [7, 11) is -3.73. The Labute approximate surface area is 198 Å². The predicted molar refractivity (Wildman–Crippen MR) is 130 cm³/mol. The van der Waals surface area contributed by atoms with E-state index < -0.39 is 10.0 Å². The van der Waals surface area contributed by atoms with Gasteiger partial charge < -0.3 is 10.6 Å². The summed E-state index contributed by atoms with van der Waals surface area (Å²) in [5.74, 6) is -0.586. The molecule has 2 aromatic carbocycles. The average Bonchev–Trinajstić information content (AvgIpc) is 3.29. The standard InChI is InChI=1S/C22H27N5O4S2/c1-15(28)24-19-10-12-20(13-11-19)33(30,31)23-14-16-6-8-17(9-7-16)21(29)26-27-22(32)25-18-4-2-3-5-18/h6-13,18,23H,2-5,14H2,1H3,(H,24,28)(H,26,29)(H2,25,27,32). The second-order valence-electron chi connectivity index (χ2n) is 7.76. The van der Waals surface area contributed by atoms with Crippen molar-refractivity contribution in [3.63, 3.8) is 0 Å². The number of carbonyl (C=O) groups excluding carboxylic acids is 2. The minimum absolute atomic E-state index is 0.0608. The molecule has 1 aliphatic rings. The van der Waals surface area contributed by atoms with E-state index in [0.717, 1.165) is 12.8 Å². The Bertz CT molecular complexity index is 1100. The fourth-order valence-electron chi connectivity index (χ4n) is 3.43. The van der Waals surface area contributed by atoms with Crippen LogP contribution in [0.15, 0.2) is 53.4 Å². The maximum atomic E-state index is 12.5. The zero-order valence-electron chi connectivity index (χ0n) is 18.2. The molecule has 176 valence electrons. The molecular formula is C22H27N5O4S2. The molecule has 11 heteroatoms. The first-order chi connectivity index (χ1) is 15.7. The Morgan fingerprint density at radius 2 is 1.61 bits per heavy atom. The lowest BCUT2D eigenvalue weighted by molar-refractivity contribution is -0.114. The SMILES string of the molecule is CC(=O)Nc1ccc(S(=O)(=O)NCc2ccc(C(=O)NNC(=S)NC3CCCC3)cc2)cc1. The quantitative estimate of drug-likeness (QED) is 0.298. The van der Waals surface area contributed by atoms with E-state index in [1.165, 1.54) is 44.0 Å². The van der Waals surface area contributed by atoms with Crippen molar-refractivity contribution in [2.75, 3.05) is 5.32 Å². The van der Waals surface area contributed by atoms with E-state index in [1.807, 2.05) is 0 Å². The number of hydrazine groups is 1. The molecule has 0 spiro atoms. The Balaban J connectivity index is 1.48. The topological polar surface area (TPSA) is 128 Å². The van der Waals surface area contributed by atoms with Gasteiger partial charge in [0.25, 0.3) is 5.91 Å². The lowest BCUT2D eigenvalue weighted by Crippen LogP contribution is -2.49. The van der Waals surface area contributed by atoms with Gasteiger partial charge in [-0.3, -0.25) is 20.4 Å². The van der Waals surface area contributed by atoms with E-state index >= 15 is 0 Å². The second kappa shape index (κ2) is 11.2. The van der Waals surface area contributed by atoms with Crippen LogP contribution in [0.2, 0.25) is 0 Å². The van der Waals surface area contributed by atoms with Crippen molar-refractivity contribution in [3.05, 3.63) is 59.7 Å². The summed E-state index contributed by atoms with van der Waals surface area (Å²) in [5, 5.41) is 6.14. The summed E-state index contributed by atoms with van der Waals surface area (Å²) in [6.07, 6.45) is 4.51. The maximum Gasteiger partial charge on any atom is 0.269 e. The average molecular weight is 490 g/mol. The Morgan fingerprint density at radius 1 is 0.970 bits per heavy atom. The van der Waals surface area contributed by atoms with Gasteiger partial charge in [-0.25, -0.2) is 13.1 Å². The third-order valence-electron chi connectivity index (χ3n) is 5.15. The molecule has 0 saturated heterocycles. The maximum absolute atomic E-state index is 12.5. The third kappa shape index (κ3) is 7.52. The highest BCUT2D eigenvalue weighted by Crippen LogP contribution is 2.17. The van der Waals surface area contributed by atoms with Crippen molar-refractivity contribution in [3.8, 4) is 0 Å². The van der Waals surface area contributed by atoms with Crippen molar-refractivity contribution in [2.45, 2.75) is 50.1 Å². The molecule has 1 aliphatic carbocycles. The number of sulfonamides is 1. The predicted octanol–water partition coefficient (Wildman–Crippen LogP) is 2.17. The van der Waals surface area contributed by atoms with Crippen molar-refractivity contribution < 1.29 is 18.0 Å². The molecule has 5 N–H and O–H groups in total. The molecule has 0 atom stereocenters. The number of carbonyl (C=O) groups is 2. The summed E-state index contributed by atoms with van der Waals surface area (Å²) < 4.78 is 27.5. The molecule has 1 fully saturated rings. The van der Waals surface area contributed by atoms with Crippen molar-refractivity contribution in [2.24, 2.45) is 0 Å². The summed E-state index contributed by atoms with van der Waals surface area (Å²) >= 11 is 5.19. The van der Waals surface area contributed by atoms with E-state index in [4.69, 9.17) is 12.2 Å². The van der Waals surface area contributed by atoms with Crippen LogP contribution in [0.5, 0.6) is 0 Å². The van der Waals surface area contributed by atoms with Gasteiger partial charge in [0, 0.05) is 30.8 Å². The fraction of sp³-hybridized carbons (Fsp3) is 0.318. The molecule has 0 bridgehead atoms.